The number of nitrogens with zero attached hydrogens (tertiary/aromatic N) is 6. The van der Waals surface area contributed by atoms with Gasteiger partial charge in [0.05, 0.1) is 45.4 Å². The second-order valence-electron chi connectivity index (χ2n) is 10.8. The summed E-state index contributed by atoms with van der Waals surface area (Å²) in [6.45, 7) is 0.956. The molecule has 1 saturated carbocycles. The van der Waals surface area contributed by atoms with Crippen molar-refractivity contribution in [3.8, 4) is 11.5 Å². The number of methoxy groups -OCH3 is 3. The maximum Gasteiger partial charge on any atom is 0.360 e. The van der Waals surface area contributed by atoms with E-state index in [1.54, 1.807) is 25.1 Å². The summed E-state index contributed by atoms with van der Waals surface area (Å²) in [5.41, 5.74) is 4.05. The molecule has 1 amide bonds. The molecule has 2 N–H and O–H groups in total. The average molecular weight is 611 g/mol. The second-order valence-corrected chi connectivity index (χ2v) is 10.8. The van der Waals surface area contributed by atoms with Gasteiger partial charge < -0.3 is 29.7 Å². The SMILES string of the molecule is COC(=O)c1nn(Cc2ccc(OC)cc2)cc1Nc1cc(N(C)Cc2ccc(OC)cc2)c2ncc(C(=O)NC3CC3)n2n1. The van der Waals surface area contributed by atoms with Gasteiger partial charge in [-0.2, -0.15) is 5.10 Å². The van der Waals surface area contributed by atoms with Crippen molar-refractivity contribution in [1.82, 2.24) is 29.7 Å². The minimum Gasteiger partial charge on any atom is -0.497 e. The van der Waals surface area contributed by atoms with Gasteiger partial charge in [-0.05, 0) is 48.2 Å². The first-order chi connectivity index (χ1) is 21.8. The number of anilines is 3. The lowest BCUT2D eigenvalue weighted by Crippen LogP contribution is -2.27. The number of aromatic nitrogens is 5. The fraction of sp³-hybridized carbons (Fsp3) is 0.281. The molecule has 3 heterocycles. The zero-order valence-electron chi connectivity index (χ0n) is 25.5. The third-order valence-corrected chi connectivity index (χ3v) is 7.49. The van der Waals surface area contributed by atoms with E-state index >= 15 is 0 Å². The van der Waals surface area contributed by atoms with Gasteiger partial charge in [-0.15, -0.1) is 5.10 Å². The number of ether oxygens (including phenoxy) is 3. The first-order valence-electron chi connectivity index (χ1n) is 14.4. The van der Waals surface area contributed by atoms with Gasteiger partial charge in [0.2, 0.25) is 0 Å². The van der Waals surface area contributed by atoms with E-state index in [9.17, 15) is 9.59 Å². The van der Waals surface area contributed by atoms with Gasteiger partial charge in [0, 0.05) is 31.9 Å². The van der Waals surface area contributed by atoms with E-state index in [0.29, 0.717) is 35.9 Å². The average Bonchev–Trinajstić information content (AvgIpc) is 3.63. The highest BCUT2D eigenvalue weighted by molar-refractivity contribution is 5.95. The summed E-state index contributed by atoms with van der Waals surface area (Å²) in [6, 6.07) is 17.4. The molecule has 13 nitrogen and oxygen atoms in total. The van der Waals surface area contributed by atoms with Crippen LogP contribution in [-0.4, -0.2) is 70.7 Å². The molecule has 2 aromatic carbocycles. The molecule has 1 fully saturated rings. The Bertz CT molecular complexity index is 1830. The lowest BCUT2D eigenvalue weighted by molar-refractivity contribution is 0.0594. The zero-order valence-corrected chi connectivity index (χ0v) is 25.5. The molecule has 45 heavy (non-hydrogen) atoms. The third kappa shape index (κ3) is 6.51. The third-order valence-electron chi connectivity index (χ3n) is 7.49. The van der Waals surface area contributed by atoms with Crippen LogP contribution in [-0.2, 0) is 17.8 Å². The summed E-state index contributed by atoms with van der Waals surface area (Å²) in [7, 11) is 6.49. The number of esters is 1. The second kappa shape index (κ2) is 12.6. The summed E-state index contributed by atoms with van der Waals surface area (Å²) >= 11 is 0. The van der Waals surface area contributed by atoms with E-state index in [2.05, 4.69) is 20.7 Å². The predicted octanol–water partition coefficient (Wildman–Crippen LogP) is 4.05. The number of nitrogens with one attached hydrogen (secondary N) is 2. The highest BCUT2D eigenvalue weighted by atomic mass is 16.5. The van der Waals surface area contributed by atoms with Crippen molar-refractivity contribution in [2.24, 2.45) is 0 Å². The van der Waals surface area contributed by atoms with Crippen LogP contribution in [0.15, 0.2) is 67.0 Å². The molecule has 0 saturated heterocycles. The Morgan fingerprint density at radius 1 is 0.956 bits per heavy atom. The fourth-order valence-electron chi connectivity index (χ4n) is 4.92. The van der Waals surface area contributed by atoms with Crippen LogP contribution in [0.25, 0.3) is 5.65 Å². The van der Waals surface area contributed by atoms with Crippen LogP contribution in [0.5, 0.6) is 11.5 Å². The topological polar surface area (TPSA) is 137 Å². The monoisotopic (exact) mass is 610 g/mol. The number of fused-ring (bicyclic) bond motifs is 1. The van der Waals surface area contributed by atoms with Gasteiger partial charge in [0.15, 0.2) is 22.9 Å². The smallest absolute Gasteiger partial charge is 0.360 e. The maximum absolute atomic E-state index is 13.1. The van der Waals surface area contributed by atoms with Crippen molar-refractivity contribution in [2.45, 2.75) is 32.0 Å². The van der Waals surface area contributed by atoms with Crippen molar-refractivity contribution >= 4 is 34.7 Å². The molecular weight excluding hydrogens is 576 g/mol. The summed E-state index contributed by atoms with van der Waals surface area (Å²) < 4.78 is 18.8. The van der Waals surface area contributed by atoms with Gasteiger partial charge in [0.1, 0.15) is 11.5 Å². The molecule has 0 radical (unpaired) electrons. The summed E-state index contributed by atoms with van der Waals surface area (Å²) in [5, 5.41) is 15.5. The summed E-state index contributed by atoms with van der Waals surface area (Å²) in [4.78, 5) is 32.5. The highest BCUT2D eigenvalue weighted by Gasteiger charge is 2.27. The van der Waals surface area contributed by atoms with E-state index in [0.717, 1.165) is 41.2 Å². The van der Waals surface area contributed by atoms with Crippen LogP contribution in [0.2, 0.25) is 0 Å². The van der Waals surface area contributed by atoms with Gasteiger partial charge in [0.25, 0.3) is 5.91 Å². The molecule has 232 valence electrons. The van der Waals surface area contributed by atoms with E-state index in [1.165, 1.54) is 17.8 Å². The molecule has 0 aliphatic heterocycles. The minimum absolute atomic E-state index is 0.0957. The van der Waals surface area contributed by atoms with Gasteiger partial charge in [-0.3, -0.25) is 9.48 Å². The number of imidazole rings is 1. The molecule has 3 aromatic heterocycles. The van der Waals surface area contributed by atoms with Crippen molar-refractivity contribution in [3.63, 3.8) is 0 Å². The zero-order chi connectivity index (χ0) is 31.5. The predicted molar refractivity (Wildman–Crippen MR) is 168 cm³/mol. The lowest BCUT2D eigenvalue weighted by Gasteiger charge is -2.21. The maximum atomic E-state index is 13.1. The van der Waals surface area contributed by atoms with E-state index < -0.39 is 5.97 Å². The number of carbonyl (C=O) groups is 2. The molecule has 0 atom stereocenters. The molecule has 13 heteroatoms. The molecule has 6 rings (SSSR count). The van der Waals surface area contributed by atoms with Crippen molar-refractivity contribution in [1.29, 1.82) is 0 Å². The van der Waals surface area contributed by atoms with Gasteiger partial charge in [-0.25, -0.2) is 14.3 Å². The Balaban J connectivity index is 1.36. The number of benzene rings is 2. The molecule has 0 unspecified atom stereocenters. The molecule has 1 aliphatic rings. The van der Waals surface area contributed by atoms with Crippen molar-refractivity contribution in [3.05, 3.63) is 89.5 Å². The normalized spacial score (nSPS) is 12.5. The number of hydrogen-bond donors (Lipinski definition) is 2. The van der Waals surface area contributed by atoms with Crippen LogP contribution >= 0.6 is 0 Å². The minimum atomic E-state index is -0.601. The van der Waals surface area contributed by atoms with Crippen molar-refractivity contribution < 1.29 is 23.8 Å². The van der Waals surface area contributed by atoms with Crippen LogP contribution in [0.4, 0.5) is 17.2 Å². The summed E-state index contributed by atoms with van der Waals surface area (Å²) in [6.07, 6.45) is 5.16. The quantitative estimate of drug-likeness (QED) is 0.199. The van der Waals surface area contributed by atoms with Crippen LogP contribution in [0.1, 0.15) is 44.9 Å². The van der Waals surface area contributed by atoms with Gasteiger partial charge in [-0.1, -0.05) is 24.3 Å². The molecular formula is C32H34N8O5. The molecule has 1 aliphatic carbocycles. The summed E-state index contributed by atoms with van der Waals surface area (Å²) in [5.74, 6) is 1.05. The van der Waals surface area contributed by atoms with Crippen LogP contribution in [0, 0.1) is 0 Å². The Hall–Kier alpha value is -5.59. The van der Waals surface area contributed by atoms with Crippen molar-refractivity contribution in [2.75, 3.05) is 38.6 Å². The number of carbonyl (C=O) groups excluding carboxylic acids is 2. The standard InChI is InChI=1S/C32H34N8O5/c1-38(17-20-5-11-23(43-2)12-6-20)26-15-28(36-40-27(16-33-30(26)40)31(41)34-22-9-10-22)35-25-19-39(37-29(25)32(42)45-4)18-21-7-13-24(44-3)14-8-21/h5-8,11-16,19,22H,9-10,17-18H2,1-4H3,(H,34,41)(H,35,36). The first-order valence-corrected chi connectivity index (χ1v) is 14.4. The Morgan fingerprint density at radius 3 is 2.24 bits per heavy atom. The molecule has 5 aromatic rings. The first kappa shape index (κ1) is 29.5. The Labute approximate surface area is 259 Å². The number of amides is 1. The van der Waals surface area contributed by atoms with Crippen LogP contribution < -0.4 is 25.0 Å². The number of hydrogen-bond acceptors (Lipinski definition) is 10. The largest absolute Gasteiger partial charge is 0.497 e. The lowest BCUT2D eigenvalue weighted by atomic mass is 10.2. The fourth-order valence-corrected chi connectivity index (χ4v) is 4.92. The molecule has 0 bridgehead atoms. The van der Waals surface area contributed by atoms with E-state index in [4.69, 9.17) is 19.3 Å². The Morgan fingerprint density at radius 2 is 1.62 bits per heavy atom. The number of rotatable bonds is 12. The molecule has 0 spiro atoms. The van der Waals surface area contributed by atoms with E-state index in [-0.39, 0.29) is 17.6 Å². The highest BCUT2D eigenvalue weighted by Crippen LogP contribution is 2.29. The Kier molecular flexibility index (Phi) is 8.23. The van der Waals surface area contributed by atoms with Crippen LogP contribution in [0.3, 0.4) is 0 Å². The van der Waals surface area contributed by atoms with E-state index in [1.807, 2.05) is 66.5 Å². The van der Waals surface area contributed by atoms with Gasteiger partial charge >= 0.3 is 5.97 Å².